The highest BCUT2D eigenvalue weighted by Crippen LogP contribution is 2.26. The Bertz CT molecular complexity index is 490. The van der Waals surface area contributed by atoms with E-state index < -0.39 is 0 Å². The maximum Gasteiger partial charge on any atom is 0.0345 e. The Hall–Kier alpha value is -0.510. The zero-order valence-electron chi connectivity index (χ0n) is 11.1. The largest absolute Gasteiger partial charge is 0.327 e. The summed E-state index contributed by atoms with van der Waals surface area (Å²) in [5.74, 6) is 3.02. The van der Waals surface area contributed by atoms with Crippen molar-refractivity contribution >= 4 is 33.2 Å². The van der Waals surface area contributed by atoms with Crippen LogP contribution in [0.25, 0.3) is 10.1 Å². The highest BCUT2D eigenvalue weighted by Gasteiger charge is 2.09. The molecule has 0 spiro atoms. The van der Waals surface area contributed by atoms with Crippen LogP contribution >= 0.6 is 23.1 Å². The molecule has 1 unspecified atom stereocenters. The van der Waals surface area contributed by atoms with Crippen LogP contribution in [0.4, 0.5) is 0 Å². The smallest absolute Gasteiger partial charge is 0.0345 e. The van der Waals surface area contributed by atoms with E-state index in [1.807, 2.05) is 23.1 Å². The van der Waals surface area contributed by atoms with E-state index in [1.165, 1.54) is 21.4 Å². The summed E-state index contributed by atoms with van der Waals surface area (Å²) in [5.41, 5.74) is 7.64. The zero-order valence-corrected chi connectivity index (χ0v) is 12.7. The van der Waals surface area contributed by atoms with Gasteiger partial charge >= 0.3 is 0 Å². The van der Waals surface area contributed by atoms with Crippen LogP contribution in [0, 0.1) is 5.92 Å². The van der Waals surface area contributed by atoms with E-state index in [4.69, 9.17) is 5.73 Å². The highest BCUT2D eigenvalue weighted by molar-refractivity contribution is 7.99. The minimum Gasteiger partial charge on any atom is -0.327 e. The molecule has 0 radical (unpaired) electrons. The highest BCUT2D eigenvalue weighted by atomic mass is 32.2. The van der Waals surface area contributed by atoms with Crippen molar-refractivity contribution in [2.45, 2.75) is 26.3 Å². The standard InChI is InChI=1S/C15H21NS2/c1-11(2)8-17-10-13(16)7-12-9-18-15-6-4-3-5-14(12)15/h3-6,9,11,13H,7-8,10,16H2,1-2H3. The van der Waals surface area contributed by atoms with Crippen LogP contribution in [-0.2, 0) is 6.42 Å². The Morgan fingerprint density at radius 1 is 1.22 bits per heavy atom. The molecular formula is C15H21NS2. The van der Waals surface area contributed by atoms with Crippen LogP contribution in [0.5, 0.6) is 0 Å². The van der Waals surface area contributed by atoms with E-state index in [0.29, 0.717) is 0 Å². The maximum absolute atomic E-state index is 6.23. The minimum absolute atomic E-state index is 0.270. The van der Waals surface area contributed by atoms with Gasteiger partial charge in [-0.1, -0.05) is 32.0 Å². The molecule has 2 rings (SSSR count). The van der Waals surface area contributed by atoms with Gasteiger partial charge in [-0.25, -0.2) is 0 Å². The number of thioether (sulfide) groups is 1. The minimum atomic E-state index is 0.270. The number of benzene rings is 1. The lowest BCUT2D eigenvalue weighted by molar-refractivity contribution is 0.734. The van der Waals surface area contributed by atoms with Crippen LogP contribution < -0.4 is 5.73 Å². The summed E-state index contributed by atoms with van der Waals surface area (Å²) >= 11 is 3.80. The summed E-state index contributed by atoms with van der Waals surface area (Å²) in [4.78, 5) is 0. The third-order valence-electron chi connectivity index (χ3n) is 2.83. The topological polar surface area (TPSA) is 26.0 Å². The number of hydrogen-bond donors (Lipinski definition) is 1. The number of hydrogen-bond acceptors (Lipinski definition) is 3. The first-order chi connectivity index (χ1) is 8.66. The Balaban J connectivity index is 1.92. The fourth-order valence-corrected chi connectivity index (χ4v) is 3.99. The molecule has 18 heavy (non-hydrogen) atoms. The van der Waals surface area contributed by atoms with Crippen LogP contribution in [-0.4, -0.2) is 17.5 Å². The third-order valence-corrected chi connectivity index (χ3v) is 5.40. The van der Waals surface area contributed by atoms with E-state index in [2.05, 4.69) is 43.5 Å². The van der Waals surface area contributed by atoms with Gasteiger partial charge in [-0.15, -0.1) is 11.3 Å². The van der Waals surface area contributed by atoms with Gasteiger partial charge in [0.15, 0.2) is 0 Å². The van der Waals surface area contributed by atoms with Crippen molar-refractivity contribution in [1.29, 1.82) is 0 Å². The van der Waals surface area contributed by atoms with Gasteiger partial charge in [-0.3, -0.25) is 0 Å². The maximum atomic E-state index is 6.23. The Labute approximate surface area is 118 Å². The first kappa shape index (κ1) is 13.9. The molecule has 0 saturated carbocycles. The quantitative estimate of drug-likeness (QED) is 0.859. The molecule has 0 aliphatic rings. The van der Waals surface area contributed by atoms with E-state index >= 15 is 0 Å². The van der Waals surface area contributed by atoms with Gasteiger partial charge < -0.3 is 5.73 Å². The monoisotopic (exact) mass is 279 g/mol. The van der Waals surface area contributed by atoms with E-state index in [0.717, 1.165) is 18.1 Å². The summed E-state index contributed by atoms with van der Waals surface area (Å²) in [6.45, 7) is 4.51. The molecule has 1 atom stereocenters. The Morgan fingerprint density at radius 3 is 2.78 bits per heavy atom. The normalized spacial score (nSPS) is 13.3. The molecule has 3 heteroatoms. The van der Waals surface area contributed by atoms with Gasteiger partial charge in [-0.05, 0) is 40.5 Å². The predicted molar refractivity (Wildman–Crippen MR) is 85.7 cm³/mol. The average molecular weight is 279 g/mol. The third kappa shape index (κ3) is 3.74. The first-order valence-electron chi connectivity index (χ1n) is 6.45. The SMILES string of the molecule is CC(C)CSCC(N)Cc1csc2ccccc12. The summed E-state index contributed by atoms with van der Waals surface area (Å²) < 4.78 is 1.37. The fraction of sp³-hybridized carbons (Fsp3) is 0.467. The van der Waals surface area contributed by atoms with Gasteiger partial charge in [0.25, 0.3) is 0 Å². The van der Waals surface area contributed by atoms with Crippen molar-refractivity contribution in [2.24, 2.45) is 11.7 Å². The van der Waals surface area contributed by atoms with Crippen molar-refractivity contribution in [3.63, 3.8) is 0 Å². The lowest BCUT2D eigenvalue weighted by atomic mass is 10.1. The van der Waals surface area contributed by atoms with Crippen LogP contribution in [0.15, 0.2) is 29.6 Å². The lowest BCUT2D eigenvalue weighted by Crippen LogP contribution is -2.25. The Kier molecular flexibility index (Phi) is 5.10. The van der Waals surface area contributed by atoms with E-state index in [9.17, 15) is 0 Å². The van der Waals surface area contributed by atoms with Gasteiger partial charge in [0, 0.05) is 16.5 Å². The molecule has 0 aliphatic heterocycles. The molecule has 98 valence electrons. The number of nitrogens with two attached hydrogens (primary N) is 1. The second-order valence-electron chi connectivity index (χ2n) is 5.15. The molecule has 2 aromatic rings. The first-order valence-corrected chi connectivity index (χ1v) is 8.48. The number of thiophene rings is 1. The molecule has 2 N–H and O–H groups in total. The second kappa shape index (κ2) is 6.60. The molecule has 0 bridgehead atoms. The second-order valence-corrected chi connectivity index (χ2v) is 7.14. The molecule has 1 heterocycles. The molecule has 0 saturated heterocycles. The molecule has 1 aromatic heterocycles. The predicted octanol–water partition coefficient (Wildman–Crippen LogP) is 4.16. The fourth-order valence-electron chi connectivity index (χ4n) is 1.99. The number of rotatable bonds is 6. The molecule has 0 fully saturated rings. The van der Waals surface area contributed by atoms with E-state index in [1.54, 1.807) is 0 Å². The van der Waals surface area contributed by atoms with Crippen molar-refractivity contribution < 1.29 is 0 Å². The van der Waals surface area contributed by atoms with Gasteiger partial charge in [0.2, 0.25) is 0 Å². The van der Waals surface area contributed by atoms with Gasteiger partial charge in [0.1, 0.15) is 0 Å². The molecular weight excluding hydrogens is 258 g/mol. The molecule has 0 aliphatic carbocycles. The van der Waals surface area contributed by atoms with Crippen molar-refractivity contribution in [1.82, 2.24) is 0 Å². The summed E-state index contributed by atoms with van der Waals surface area (Å²) in [7, 11) is 0. The van der Waals surface area contributed by atoms with Crippen LogP contribution in [0.2, 0.25) is 0 Å². The van der Waals surface area contributed by atoms with Crippen LogP contribution in [0.3, 0.4) is 0 Å². The van der Waals surface area contributed by atoms with Crippen molar-refractivity contribution in [2.75, 3.05) is 11.5 Å². The van der Waals surface area contributed by atoms with Gasteiger partial charge in [-0.2, -0.15) is 11.8 Å². The summed E-state index contributed by atoms with van der Waals surface area (Å²) in [6, 6.07) is 8.86. The van der Waals surface area contributed by atoms with E-state index in [-0.39, 0.29) is 6.04 Å². The molecule has 0 amide bonds. The molecule has 1 aromatic carbocycles. The van der Waals surface area contributed by atoms with Crippen molar-refractivity contribution in [3.05, 3.63) is 35.2 Å². The summed E-state index contributed by atoms with van der Waals surface area (Å²) in [5, 5.41) is 3.64. The zero-order chi connectivity index (χ0) is 13.0. The average Bonchev–Trinajstić information content (AvgIpc) is 2.72. The van der Waals surface area contributed by atoms with Crippen LogP contribution in [0.1, 0.15) is 19.4 Å². The van der Waals surface area contributed by atoms with Gasteiger partial charge in [0.05, 0.1) is 0 Å². The molecule has 1 nitrogen and oxygen atoms in total. The van der Waals surface area contributed by atoms with Crippen molar-refractivity contribution in [3.8, 4) is 0 Å². The number of fused-ring (bicyclic) bond motifs is 1. The lowest BCUT2D eigenvalue weighted by Gasteiger charge is -2.11. The Morgan fingerprint density at radius 2 is 2.00 bits per heavy atom. The summed E-state index contributed by atoms with van der Waals surface area (Å²) in [6.07, 6.45) is 0.995.